The highest BCUT2D eigenvalue weighted by atomic mass is 32.2. The van der Waals surface area contributed by atoms with Crippen molar-refractivity contribution in [1.29, 1.82) is 0 Å². The molecule has 0 radical (unpaired) electrons. The Labute approximate surface area is 188 Å². The standard InChI is InChI=1S/C23H29N5O3S/c1-4-32(3,30)28-16-12-15(2)21-20(13-16)25-14-26-22(21)27-19-6-5-11-24-23(19)31-18-9-7-17(29)8-10-18/h5-6,11-14,17-18,29H,4,7-10H2,1-3H3,(H,25,26,27)/t17-,18-,32?. The van der Waals surface area contributed by atoms with Gasteiger partial charge in [0.05, 0.1) is 17.3 Å². The average molecular weight is 456 g/mol. The molecule has 3 aromatic rings. The molecule has 1 aliphatic rings. The van der Waals surface area contributed by atoms with E-state index in [0.29, 0.717) is 28.8 Å². The first-order valence-corrected chi connectivity index (χ1v) is 13.0. The van der Waals surface area contributed by atoms with Crippen molar-refractivity contribution in [3.63, 3.8) is 0 Å². The smallest absolute Gasteiger partial charge is 0.238 e. The van der Waals surface area contributed by atoms with Crippen molar-refractivity contribution in [2.45, 2.75) is 51.7 Å². The molecule has 1 unspecified atom stereocenters. The van der Waals surface area contributed by atoms with Crippen LogP contribution in [-0.2, 0) is 9.73 Å². The molecular formula is C23H29N5O3S. The SMILES string of the molecule is CCS(C)(=O)=Nc1cc(C)c2c(Nc3cccnc3O[C@H]3CC[C@H](O)CC3)ncnc2c1. The van der Waals surface area contributed by atoms with Crippen LogP contribution in [0.3, 0.4) is 0 Å². The van der Waals surface area contributed by atoms with Gasteiger partial charge in [-0.25, -0.2) is 19.2 Å². The van der Waals surface area contributed by atoms with Crippen LogP contribution in [-0.4, -0.2) is 48.5 Å². The van der Waals surface area contributed by atoms with Crippen LogP contribution in [0.4, 0.5) is 17.2 Å². The molecule has 1 saturated carbocycles. The normalized spacial score (nSPS) is 20.5. The number of benzene rings is 1. The molecule has 1 aromatic carbocycles. The summed E-state index contributed by atoms with van der Waals surface area (Å²) in [4.78, 5) is 13.3. The number of fused-ring (bicyclic) bond motifs is 1. The second-order valence-electron chi connectivity index (χ2n) is 8.25. The zero-order chi connectivity index (χ0) is 22.7. The molecule has 32 heavy (non-hydrogen) atoms. The molecule has 0 spiro atoms. The third-order valence-corrected chi connectivity index (χ3v) is 7.37. The molecule has 2 heterocycles. The van der Waals surface area contributed by atoms with Crippen LogP contribution in [0.15, 0.2) is 41.2 Å². The van der Waals surface area contributed by atoms with Gasteiger partial charge in [0, 0.05) is 33.3 Å². The predicted octanol–water partition coefficient (Wildman–Crippen LogP) is 4.51. The first-order valence-electron chi connectivity index (χ1n) is 10.9. The summed E-state index contributed by atoms with van der Waals surface area (Å²) < 4.78 is 23.0. The fraction of sp³-hybridized carbons (Fsp3) is 0.435. The Morgan fingerprint density at radius 2 is 2.00 bits per heavy atom. The molecule has 0 bridgehead atoms. The van der Waals surface area contributed by atoms with E-state index in [1.54, 1.807) is 12.5 Å². The van der Waals surface area contributed by atoms with E-state index >= 15 is 0 Å². The van der Waals surface area contributed by atoms with Crippen molar-refractivity contribution in [3.05, 3.63) is 42.4 Å². The van der Waals surface area contributed by atoms with Gasteiger partial charge < -0.3 is 15.2 Å². The lowest BCUT2D eigenvalue weighted by Gasteiger charge is -2.26. The van der Waals surface area contributed by atoms with Crippen molar-refractivity contribution in [2.24, 2.45) is 4.36 Å². The Morgan fingerprint density at radius 1 is 1.22 bits per heavy atom. The van der Waals surface area contributed by atoms with Crippen LogP contribution in [0.1, 0.15) is 38.2 Å². The zero-order valence-corrected chi connectivity index (χ0v) is 19.4. The van der Waals surface area contributed by atoms with E-state index in [9.17, 15) is 9.32 Å². The Balaban J connectivity index is 1.66. The number of aliphatic hydroxyl groups excluding tert-OH is 1. The second kappa shape index (κ2) is 9.38. The molecule has 9 heteroatoms. The van der Waals surface area contributed by atoms with E-state index < -0.39 is 9.73 Å². The molecule has 1 fully saturated rings. The number of hydrogen-bond acceptors (Lipinski definition) is 8. The van der Waals surface area contributed by atoms with Gasteiger partial charge in [-0.3, -0.25) is 0 Å². The quantitative estimate of drug-likeness (QED) is 0.563. The maximum Gasteiger partial charge on any atom is 0.238 e. The van der Waals surface area contributed by atoms with E-state index in [2.05, 4.69) is 24.6 Å². The van der Waals surface area contributed by atoms with Gasteiger partial charge in [-0.1, -0.05) is 6.92 Å². The molecule has 1 atom stereocenters. The Morgan fingerprint density at radius 3 is 2.75 bits per heavy atom. The molecule has 0 amide bonds. The summed E-state index contributed by atoms with van der Waals surface area (Å²) in [5.74, 6) is 1.65. The predicted molar refractivity (Wildman–Crippen MR) is 127 cm³/mol. The van der Waals surface area contributed by atoms with Crippen LogP contribution >= 0.6 is 0 Å². The first kappa shape index (κ1) is 22.4. The number of ether oxygens (including phenoxy) is 1. The van der Waals surface area contributed by atoms with Crippen molar-refractivity contribution >= 4 is 37.8 Å². The van der Waals surface area contributed by atoms with Gasteiger partial charge in [0.2, 0.25) is 5.88 Å². The van der Waals surface area contributed by atoms with Crippen LogP contribution in [0.25, 0.3) is 10.9 Å². The lowest BCUT2D eigenvalue weighted by Crippen LogP contribution is -2.27. The van der Waals surface area contributed by atoms with Gasteiger partial charge in [0.1, 0.15) is 23.9 Å². The number of nitrogens with one attached hydrogen (secondary N) is 1. The number of hydrogen-bond donors (Lipinski definition) is 2. The van der Waals surface area contributed by atoms with Crippen LogP contribution in [0.2, 0.25) is 0 Å². The number of aryl methyl sites for hydroxylation is 1. The molecule has 0 aliphatic heterocycles. The van der Waals surface area contributed by atoms with Gasteiger partial charge in [0.25, 0.3) is 0 Å². The minimum atomic E-state index is -2.26. The van der Waals surface area contributed by atoms with Crippen molar-refractivity contribution in [3.8, 4) is 5.88 Å². The number of anilines is 2. The number of pyridine rings is 1. The first-order chi connectivity index (χ1) is 15.3. The molecular weight excluding hydrogens is 426 g/mol. The third-order valence-electron chi connectivity index (χ3n) is 5.70. The number of rotatable bonds is 6. The van der Waals surface area contributed by atoms with E-state index in [0.717, 1.165) is 42.1 Å². The van der Waals surface area contributed by atoms with Crippen LogP contribution < -0.4 is 10.1 Å². The summed E-state index contributed by atoms with van der Waals surface area (Å²) in [6, 6.07) is 7.49. The van der Waals surface area contributed by atoms with E-state index in [1.807, 2.05) is 38.1 Å². The molecule has 1 aliphatic carbocycles. The lowest BCUT2D eigenvalue weighted by molar-refractivity contribution is 0.0647. The molecule has 4 rings (SSSR count). The van der Waals surface area contributed by atoms with E-state index in [1.165, 1.54) is 6.33 Å². The maximum atomic E-state index is 12.5. The van der Waals surface area contributed by atoms with Crippen LogP contribution in [0, 0.1) is 6.92 Å². The van der Waals surface area contributed by atoms with E-state index in [-0.39, 0.29) is 12.2 Å². The Kier molecular flexibility index (Phi) is 6.57. The monoisotopic (exact) mass is 455 g/mol. The third kappa shape index (κ3) is 5.16. The maximum absolute atomic E-state index is 12.5. The van der Waals surface area contributed by atoms with Gasteiger partial charge in [-0.05, 0) is 62.4 Å². The number of aromatic nitrogens is 3. The second-order valence-corrected chi connectivity index (χ2v) is 10.9. The zero-order valence-electron chi connectivity index (χ0n) is 18.6. The largest absolute Gasteiger partial charge is 0.473 e. The minimum absolute atomic E-state index is 0.0318. The summed E-state index contributed by atoms with van der Waals surface area (Å²) in [6.45, 7) is 3.83. The van der Waals surface area contributed by atoms with E-state index in [4.69, 9.17) is 4.74 Å². The fourth-order valence-electron chi connectivity index (χ4n) is 3.84. The van der Waals surface area contributed by atoms with Gasteiger partial charge in [0.15, 0.2) is 0 Å². The van der Waals surface area contributed by atoms with Crippen LogP contribution in [0.5, 0.6) is 5.88 Å². The highest BCUT2D eigenvalue weighted by molar-refractivity contribution is 7.93. The van der Waals surface area contributed by atoms with Gasteiger partial charge in [-0.15, -0.1) is 0 Å². The summed E-state index contributed by atoms with van der Waals surface area (Å²) >= 11 is 0. The average Bonchev–Trinajstić information content (AvgIpc) is 2.76. The molecule has 0 saturated heterocycles. The summed E-state index contributed by atoms with van der Waals surface area (Å²) in [5, 5.41) is 14.0. The number of nitrogens with zero attached hydrogens (tertiary/aromatic N) is 4. The molecule has 2 aromatic heterocycles. The fourth-order valence-corrected chi connectivity index (χ4v) is 4.52. The summed E-state index contributed by atoms with van der Waals surface area (Å²) in [7, 11) is -2.26. The van der Waals surface area contributed by atoms with Crippen molar-refractivity contribution < 1.29 is 14.1 Å². The highest BCUT2D eigenvalue weighted by Crippen LogP contribution is 2.33. The van der Waals surface area contributed by atoms with Gasteiger partial charge >= 0.3 is 0 Å². The highest BCUT2D eigenvalue weighted by Gasteiger charge is 2.22. The van der Waals surface area contributed by atoms with Crippen molar-refractivity contribution in [2.75, 3.05) is 17.3 Å². The topological polar surface area (TPSA) is 110 Å². The molecule has 170 valence electrons. The van der Waals surface area contributed by atoms with Gasteiger partial charge in [-0.2, -0.15) is 4.36 Å². The minimum Gasteiger partial charge on any atom is -0.473 e. The Bertz CT molecular complexity index is 1230. The molecule has 2 N–H and O–H groups in total. The van der Waals surface area contributed by atoms with Crippen molar-refractivity contribution in [1.82, 2.24) is 15.0 Å². The summed E-state index contributed by atoms with van der Waals surface area (Å²) in [5.41, 5.74) is 3.02. The number of aliphatic hydroxyl groups is 1. The summed E-state index contributed by atoms with van der Waals surface area (Å²) in [6.07, 6.45) is 7.75. The molecule has 8 nitrogen and oxygen atoms in total. The Hall–Kier alpha value is -2.78. The lowest BCUT2D eigenvalue weighted by atomic mass is 9.95.